The Balaban J connectivity index is 2.31. The second kappa shape index (κ2) is 5.09. The normalized spacial score (nSPS) is 10.7. The molecule has 2 rings (SSSR count). The monoisotopic (exact) mass is 241 g/mol. The summed E-state index contributed by atoms with van der Waals surface area (Å²) >= 11 is 0. The molecule has 5 heteroatoms. The quantitative estimate of drug-likeness (QED) is 0.510. The molecule has 0 aliphatic carbocycles. The van der Waals surface area contributed by atoms with Crippen LogP contribution in [-0.2, 0) is 0 Å². The van der Waals surface area contributed by atoms with E-state index in [-0.39, 0.29) is 11.4 Å². The molecule has 5 nitrogen and oxygen atoms in total. The lowest BCUT2D eigenvalue weighted by Crippen LogP contribution is -1.90. The fourth-order valence-corrected chi connectivity index (χ4v) is 1.37. The van der Waals surface area contributed by atoms with Gasteiger partial charge in [0, 0.05) is 23.9 Å². The maximum atomic E-state index is 10.6. The predicted octanol–water partition coefficient (Wildman–Crippen LogP) is 2.85. The van der Waals surface area contributed by atoms with Crippen molar-refractivity contribution < 1.29 is 10.0 Å². The van der Waals surface area contributed by atoms with Crippen molar-refractivity contribution in [2.45, 2.75) is 0 Å². The summed E-state index contributed by atoms with van der Waals surface area (Å²) < 4.78 is 0. The third-order valence-electron chi connectivity index (χ3n) is 2.28. The molecule has 2 aromatic carbocycles. The van der Waals surface area contributed by atoms with Gasteiger partial charge in [0.25, 0.3) is 5.69 Å². The van der Waals surface area contributed by atoms with Crippen LogP contribution in [0.25, 0.3) is 0 Å². The number of nitrogens with zero attached hydrogens (tertiary/aromatic N) is 2. The van der Waals surface area contributed by atoms with Gasteiger partial charge >= 0.3 is 0 Å². The van der Waals surface area contributed by atoms with E-state index in [2.05, 4.69) is 11.1 Å². The van der Waals surface area contributed by atoms with Gasteiger partial charge < -0.3 is 5.11 Å². The summed E-state index contributed by atoms with van der Waals surface area (Å²) in [4.78, 5) is 14.2. The third kappa shape index (κ3) is 2.70. The highest BCUT2D eigenvalue weighted by Crippen LogP contribution is 2.22. The Morgan fingerprint density at radius 2 is 2.00 bits per heavy atom. The van der Waals surface area contributed by atoms with Crippen LogP contribution in [0.5, 0.6) is 5.75 Å². The van der Waals surface area contributed by atoms with Gasteiger partial charge in [-0.05, 0) is 24.3 Å². The van der Waals surface area contributed by atoms with Crippen molar-refractivity contribution in [3.63, 3.8) is 0 Å². The Kier molecular flexibility index (Phi) is 3.33. The van der Waals surface area contributed by atoms with E-state index in [1.54, 1.807) is 24.3 Å². The fourth-order valence-electron chi connectivity index (χ4n) is 1.37. The van der Waals surface area contributed by atoms with Gasteiger partial charge in [-0.15, -0.1) is 0 Å². The van der Waals surface area contributed by atoms with Gasteiger partial charge in [0.2, 0.25) is 0 Å². The zero-order chi connectivity index (χ0) is 13.0. The summed E-state index contributed by atoms with van der Waals surface area (Å²) in [7, 11) is 0. The molecule has 0 bridgehead atoms. The number of rotatable bonds is 3. The number of aliphatic imine (C=N–C) groups is 1. The third-order valence-corrected chi connectivity index (χ3v) is 2.28. The van der Waals surface area contributed by atoms with Gasteiger partial charge in [-0.3, -0.25) is 15.1 Å². The SMILES string of the molecule is O=[N+]([O-])c1ccc(O)c(C=Nc2cc[c]cc2)c1. The van der Waals surface area contributed by atoms with Crippen LogP contribution in [0.2, 0.25) is 0 Å². The van der Waals surface area contributed by atoms with Crippen LogP contribution < -0.4 is 0 Å². The summed E-state index contributed by atoms with van der Waals surface area (Å²) in [6, 6.07) is 13.5. The van der Waals surface area contributed by atoms with E-state index in [0.29, 0.717) is 11.3 Å². The minimum absolute atomic E-state index is 0.0492. The zero-order valence-corrected chi connectivity index (χ0v) is 9.28. The fraction of sp³-hybridized carbons (Fsp3) is 0. The molecule has 1 N–H and O–H groups in total. The van der Waals surface area contributed by atoms with E-state index in [1.165, 1.54) is 24.4 Å². The molecule has 0 aliphatic rings. The van der Waals surface area contributed by atoms with Gasteiger partial charge in [0.15, 0.2) is 0 Å². The lowest BCUT2D eigenvalue weighted by atomic mass is 10.2. The number of hydrogen-bond acceptors (Lipinski definition) is 4. The van der Waals surface area contributed by atoms with Gasteiger partial charge in [0.05, 0.1) is 10.6 Å². The van der Waals surface area contributed by atoms with Gasteiger partial charge in [-0.2, -0.15) is 0 Å². The highest BCUT2D eigenvalue weighted by atomic mass is 16.6. The number of benzene rings is 2. The first kappa shape index (κ1) is 11.8. The molecule has 2 aromatic rings. The molecule has 0 spiro atoms. The van der Waals surface area contributed by atoms with Crippen LogP contribution in [0.1, 0.15) is 5.56 Å². The topological polar surface area (TPSA) is 75.7 Å². The molecule has 0 saturated carbocycles. The smallest absolute Gasteiger partial charge is 0.270 e. The average molecular weight is 241 g/mol. The minimum Gasteiger partial charge on any atom is -0.507 e. The Bertz CT molecular complexity index is 594. The number of non-ortho nitro benzene ring substituents is 1. The molecule has 1 radical (unpaired) electrons. The van der Waals surface area contributed by atoms with E-state index in [1.807, 2.05) is 0 Å². The lowest BCUT2D eigenvalue weighted by molar-refractivity contribution is -0.384. The summed E-state index contributed by atoms with van der Waals surface area (Å²) in [6.45, 7) is 0. The molecule has 0 saturated heterocycles. The summed E-state index contributed by atoms with van der Waals surface area (Å²) in [5, 5.41) is 20.2. The molecule has 0 fully saturated rings. The first-order chi connectivity index (χ1) is 8.66. The maximum Gasteiger partial charge on any atom is 0.270 e. The largest absolute Gasteiger partial charge is 0.507 e. The van der Waals surface area contributed by atoms with Crippen LogP contribution in [0.15, 0.2) is 47.5 Å². The van der Waals surface area contributed by atoms with Crippen molar-refractivity contribution in [1.29, 1.82) is 0 Å². The van der Waals surface area contributed by atoms with Crippen LogP contribution in [0.3, 0.4) is 0 Å². The molecule has 0 unspecified atom stereocenters. The minimum atomic E-state index is -0.520. The molecule has 0 aromatic heterocycles. The van der Waals surface area contributed by atoms with E-state index in [0.717, 1.165) is 0 Å². The lowest BCUT2D eigenvalue weighted by Gasteiger charge is -1.98. The first-order valence-corrected chi connectivity index (χ1v) is 5.14. The van der Waals surface area contributed by atoms with Crippen molar-refractivity contribution in [3.8, 4) is 5.75 Å². The van der Waals surface area contributed by atoms with E-state index >= 15 is 0 Å². The van der Waals surface area contributed by atoms with Crippen molar-refractivity contribution in [1.82, 2.24) is 0 Å². The van der Waals surface area contributed by atoms with E-state index in [4.69, 9.17) is 0 Å². The molecular formula is C13H9N2O3. The van der Waals surface area contributed by atoms with Crippen molar-refractivity contribution in [2.75, 3.05) is 0 Å². The molecule has 18 heavy (non-hydrogen) atoms. The number of nitro groups is 1. The number of phenolic OH excluding ortho intramolecular Hbond substituents is 1. The van der Waals surface area contributed by atoms with E-state index < -0.39 is 4.92 Å². The standard InChI is InChI=1S/C13H9N2O3/c16-13-7-6-12(15(17)18)8-10(13)9-14-11-4-2-1-3-5-11/h2-9,16H. The molecular weight excluding hydrogens is 232 g/mol. The van der Waals surface area contributed by atoms with Crippen molar-refractivity contribution in [3.05, 3.63) is 64.2 Å². The molecule has 0 amide bonds. The van der Waals surface area contributed by atoms with Gasteiger partial charge in [-0.25, -0.2) is 0 Å². The second-order valence-corrected chi connectivity index (χ2v) is 3.52. The van der Waals surface area contributed by atoms with Gasteiger partial charge in [-0.1, -0.05) is 12.1 Å². The molecule has 0 heterocycles. The van der Waals surface area contributed by atoms with Crippen LogP contribution in [0.4, 0.5) is 11.4 Å². The van der Waals surface area contributed by atoms with Crippen LogP contribution >= 0.6 is 0 Å². The molecule has 0 atom stereocenters. The number of phenols is 1. The Morgan fingerprint density at radius 1 is 1.28 bits per heavy atom. The molecule has 0 aliphatic heterocycles. The first-order valence-electron chi connectivity index (χ1n) is 5.14. The summed E-state index contributed by atoms with van der Waals surface area (Å²) in [6.07, 6.45) is 1.39. The van der Waals surface area contributed by atoms with E-state index in [9.17, 15) is 15.2 Å². The number of hydrogen-bond donors (Lipinski definition) is 1. The Morgan fingerprint density at radius 3 is 2.67 bits per heavy atom. The number of nitro benzene ring substituents is 1. The van der Waals surface area contributed by atoms with Gasteiger partial charge in [0.1, 0.15) is 5.75 Å². The average Bonchev–Trinajstić information content (AvgIpc) is 2.38. The maximum absolute atomic E-state index is 10.6. The summed E-state index contributed by atoms with van der Waals surface area (Å²) in [5.74, 6) is -0.0492. The van der Waals surface area contributed by atoms with Crippen LogP contribution in [-0.4, -0.2) is 16.2 Å². The van der Waals surface area contributed by atoms with Crippen molar-refractivity contribution >= 4 is 17.6 Å². The van der Waals surface area contributed by atoms with Crippen molar-refractivity contribution in [2.24, 2.45) is 4.99 Å². The van der Waals surface area contributed by atoms with Crippen LogP contribution in [0, 0.1) is 16.2 Å². The summed E-state index contributed by atoms with van der Waals surface area (Å²) in [5.41, 5.74) is 0.896. The number of aromatic hydroxyl groups is 1. The predicted molar refractivity (Wildman–Crippen MR) is 67.3 cm³/mol. The highest BCUT2D eigenvalue weighted by molar-refractivity contribution is 5.86. The highest BCUT2D eigenvalue weighted by Gasteiger charge is 2.08. The Hall–Kier alpha value is -2.69. The Labute approximate surface area is 103 Å². The zero-order valence-electron chi connectivity index (χ0n) is 9.28. The molecule has 89 valence electrons. The second-order valence-electron chi connectivity index (χ2n) is 3.52.